The van der Waals surface area contributed by atoms with E-state index in [9.17, 15) is 18.7 Å². The SMILES string of the molecule is CCc1cc(CC(C)(C)C)cc2c1CCCC2NC[C@@H](O)[C@H](Cc1cc(F)cc(F)c1)NC(C)=O. The normalized spacial score (nSPS) is 17.5. The Morgan fingerprint density at radius 2 is 1.80 bits per heavy atom. The van der Waals surface area contributed by atoms with E-state index in [1.165, 1.54) is 41.3 Å². The maximum Gasteiger partial charge on any atom is 0.217 e. The number of carbonyl (C=O) groups is 1. The van der Waals surface area contributed by atoms with Crippen molar-refractivity contribution in [3.8, 4) is 0 Å². The number of hydrogen-bond donors (Lipinski definition) is 3. The lowest BCUT2D eigenvalue weighted by atomic mass is 9.80. The molecule has 3 N–H and O–H groups in total. The second-order valence-corrected chi connectivity index (χ2v) is 11.1. The van der Waals surface area contributed by atoms with Crippen molar-refractivity contribution in [1.29, 1.82) is 0 Å². The van der Waals surface area contributed by atoms with Crippen LogP contribution in [0, 0.1) is 17.0 Å². The summed E-state index contributed by atoms with van der Waals surface area (Å²) in [6.07, 6.45) is 4.32. The summed E-state index contributed by atoms with van der Waals surface area (Å²) >= 11 is 0. The number of carbonyl (C=O) groups excluding carboxylic acids is 1. The third kappa shape index (κ3) is 7.84. The molecule has 0 saturated carbocycles. The fraction of sp³-hybridized carbons (Fsp3) is 0.552. The summed E-state index contributed by atoms with van der Waals surface area (Å²) in [6.45, 7) is 10.6. The summed E-state index contributed by atoms with van der Waals surface area (Å²) in [6, 6.07) is 7.41. The average Bonchev–Trinajstić information content (AvgIpc) is 2.74. The van der Waals surface area contributed by atoms with Gasteiger partial charge in [0.05, 0.1) is 12.1 Å². The minimum atomic E-state index is -0.918. The molecular formula is C29H40F2N2O2. The Hall–Kier alpha value is -2.31. The van der Waals surface area contributed by atoms with Gasteiger partial charge in [-0.3, -0.25) is 4.79 Å². The standard InChI is InChI=1S/C29H40F2N2O2/c1-6-21-10-20(16-29(3,4)5)13-25-24(21)8-7-9-26(25)32-17-28(35)27(33-18(2)34)14-19-11-22(30)15-23(31)12-19/h10-13,15,26-28,32,35H,6-9,14,16-17H2,1-5H3,(H,33,34)/t26?,27-,28+/m0/s1. The van der Waals surface area contributed by atoms with Gasteiger partial charge in [-0.15, -0.1) is 0 Å². The Kier molecular flexibility index (Phi) is 9.05. The van der Waals surface area contributed by atoms with Gasteiger partial charge in [0.25, 0.3) is 0 Å². The van der Waals surface area contributed by atoms with Crippen LogP contribution in [0.15, 0.2) is 30.3 Å². The highest BCUT2D eigenvalue weighted by Gasteiger charge is 2.27. The molecule has 0 saturated heterocycles. The molecule has 3 atom stereocenters. The van der Waals surface area contributed by atoms with Crippen LogP contribution in [0.1, 0.15) is 81.3 Å². The summed E-state index contributed by atoms with van der Waals surface area (Å²) in [7, 11) is 0. The maximum atomic E-state index is 13.7. The number of amides is 1. The Balaban J connectivity index is 1.77. The smallest absolute Gasteiger partial charge is 0.217 e. The number of benzene rings is 2. The molecule has 1 aliphatic carbocycles. The monoisotopic (exact) mass is 486 g/mol. The van der Waals surface area contributed by atoms with Crippen molar-refractivity contribution in [2.24, 2.45) is 5.41 Å². The molecule has 2 aromatic carbocycles. The van der Waals surface area contributed by atoms with E-state index in [1.807, 2.05) is 0 Å². The molecule has 0 heterocycles. The molecule has 0 bridgehead atoms. The van der Waals surface area contributed by atoms with Crippen LogP contribution in [-0.2, 0) is 30.5 Å². The number of aryl methyl sites for hydroxylation is 1. The third-order valence-corrected chi connectivity index (χ3v) is 6.65. The van der Waals surface area contributed by atoms with Gasteiger partial charge in [0.2, 0.25) is 5.91 Å². The second-order valence-electron chi connectivity index (χ2n) is 11.1. The molecule has 0 spiro atoms. The largest absolute Gasteiger partial charge is 0.390 e. The van der Waals surface area contributed by atoms with E-state index in [1.54, 1.807) is 0 Å². The molecule has 2 aromatic rings. The average molecular weight is 487 g/mol. The van der Waals surface area contributed by atoms with E-state index in [2.05, 4.69) is 50.5 Å². The van der Waals surface area contributed by atoms with Gasteiger partial charge in [-0.25, -0.2) is 8.78 Å². The van der Waals surface area contributed by atoms with E-state index in [0.717, 1.165) is 38.2 Å². The molecule has 35 heavy (non-hydrogen) atoms. The Morgan fingerprint density at radius 3 is 2.40 bits per heavy atom. The van der Waals surface area contributed by atoms with Crippen LogP contribution >= 0.6 is 0 Å². The summed E-state index contributed by atoms with van der Waals surface area (Å²) < 4.78 is 27.3. The van der Waals surface area contributed by atoms with E-state index >= 15 is 0 Å². The number of nitrogens with one attached hydrogen (secondary N) is 2. The molecule has 3 rings (SSSR count). The topological polar surface area (TPSA) is 61.4 Å². The number of aliphatic hydroxyl groups excluding tert-OH is 1. The zero-order chi connectivity index (χ0) is 25.8. The molecule has 1 unspecified atom stereocenters. The molecule has 6 heteroatoms. The molecular weight excluding hydrogens is 446 g/mol. The lowest BCUT2D eigenvalue weighted by molar-refractivity contribution is -0.120. The van der Waals surface area contributed by atoms with Gasteiger partial charge in [0.15, 0.2) is 0 Å². The zero-order valence-corrected chi connectivity index (χ0v) is 21.7. The van der Waals surface area contributed by atoms with E-state index in [0.29, 0.717) is 5.56 Å². The van der Waals surface area contributed by atoms with Crippen LogP contribution in [0.4, 0.5) is 8.78 Å². The van der Waals surface area contributed by atoms with Crippen LogP contribution in [0.25, 0.3) is 0 Å². The first-order valence-corrected chi connectivity index (χ1v) is 12.7. The summed E-state index contributed by atoms with van der Waals surface area (Å²) in [4.78, 5) is 11.8. The van der Waals surface area contributed by atoms with Crippen molar-refractivity contribution < 1.29 is 18.7 Å². The molecule has 0 radical (unpaired) electrons. The van der Waals surface area contributed by atoms with Crippen molar-refractivity contribution >= 4 is 5.91 Å². The predicted octanol–water partition coefficient (Wildman–Crippen LogP) is 5.19. The third-order valence-electron chi connectivity index (χ3n) is 6.65. The van der Waals surface area contributed by atoms with E-state index in [-0.39, 0.29) is 30.3 Å². The van der Waals surface area contributed by atoms with Crippen molar-refractivity contribution in [1.82, 2.24) is 10.6 Å². The molecule has 4 nitrogen and oxygen atoms in total. The fourth-order valence-electron chi connectivity index (χ4n) is 5.25. The molecule has 0 aromatic heterocycles. The van der Waals surface area contributed by atoms with Gasteiger partial charge in [-0.2, -0.15) is 0 Å². The first-order chi connectivity index (χ1) is 16.4. The van der Waals surface area contributed by atoms with Crippen molar-refractivity contribution in [2.45, 2.75) is 91.3 Å². The molecule has 0 fully saturated rings. The van der Waals surface area contributed by atoms with Gasteiger partial charge in [0, 0.05) is 25.6 Å². The van der Waals surface area contributed by atoms with E-state index in [4.69, 9.17) is 0 Å². The predicted molar refractivity (Wildman–Crippen MR) is 136 cm³/mol. The van der Waals surface area contributed by atoms with Gasteiger partial charge in [0.1, 0.15) is 11.6 Å². The maximum absolute atomic E-state index is 13.7. The van der Waals surface area contributed by atoms with Crippen molar-refractivity contribution in [3.63, 3.8) is 0 Å². The highest BCUT2D eigenvalue weighted by atomic mass is 19.1. The Labute approximate surface area is 208 Å². The van der Waals surface area contributed by atoms with Crippen LogP contribution in [0.2, 0.25) is 0 Å². The summed E-state index contributed by atoms with van der Waals surface area (Å²) in [5.74, 6) is -1.65. The Bertz CT molecular complexity index is 1010. The Morgan fingerprint density at radius 1 is 1.11 bits per heavy atom. The molecule has 1 amide bonds. The minimum absolute atomic E-state index is 0.114. The zero-order valence-electron chi connectivity index (χ0n) is 21.7. The lowest BCUT2D eigenvalue weighted by Gasteiger charge is -2.32. The first-order valence-electron chi connectivity index (χ1n) is 12.7. The van der Waals surface area contributed by atoms with Gasteiger partial charge < -0.3 is 15.7 Å². The molecule has 1 aliphatic rings. The second kappa shape index (κ2) is 11.6. The number of rotatable bonds is 9. The van der Waals surface area contributed by atoms with E-state index < -0.39 is 23.8 Å². The van der Waals surface area contributed by atoms with Crippen molar-refractivity contribution in [2.75, 3.05) is 6.54 Å². The van der Waals surface area contributed by atoms with Crippen LogP contribution < -0.4 is 10.6 Å². The van der Waals surface area contributed by atoms with Gasteiger partial charge in [-0.05, 0) is 83.9 Å². The van der Waals surface area contributed by atoms with Gasteiger partial charge in [-0.1, -0.05) is 39.8 Å². The lowest BCUT2D eigenvalue weighted by Crippen LogP contribution is -2.48. The quantitative estimate of drug-likeness (QED) is 0.457. The highest BCUT2D eigenvalue weighted by Crippen LogP contribution is 2.35. The molecule has 0 aliphatic heterocycles. The number of aliphatic hydroxyl groups is 1. The number of halogens is 2. The van der Waals surface area contributed by atoms with Gasteiger partial charge >= 0.3 is 0 Å². The number of fused-ring (bicyclic) bond motifs is 1. The number of hydrogen-bond acceptors (Lipinski definition) is 3. The van der Waals surface area contributed by atoms with Crippen LogP contribution in [0.5, 0.6) is 0 Å². The highest BCUT2D eigenvalue weighted by molar-refractivity contribution is 5.73. The first kappa shape index (κ1) is 27.3. The molecule has 192 valence electrons. The fourth-order valence-corrected chi connectivity index (χ4v) is 5.25. The van der Waals surface area contributed by atoms with Crippen molar-refractivity contribution in [3.05, 3.63) is 69.8 Å². The summed E-state index contributed by atoms with van der Waals surface area (Å²) in [5.41, 5.74) is 6.05. The minimum Gasteiger partial charge on any atom is -0.390 e. The van der Waals surface area contributed by atoms with Crippen LogP contribution in [-0.4, -0.2) is 29.7 Å². The van der Waals surface area contributed by atoms with Crippen LogP contribution in [0.3, 0.4) is 0 Å². The summed E-state index contributed by atoms with van der Waals surface area (Å²) in [5, 5.41) is 17.3.